The Bertz CT molecular complexity index is 1620. The van der Waals surface area contributed by atoms with E-state index in [1.807, 2.05) is 20.8 Å². The van der Waals surface area contributed by atoms with Crippen LogP contribution >= 0.6 is 0 Å². The van der Waals surface area contributed by atoms with Gasteiger partial charge in [-0.2, -0.15) is 5.10 Å². The third-order valence-corrected chi connectivity index (χ3v) is 5.65. The van der Waals surface area contributed by atoms with E-state index < -0.39 is 0 Å². The monoisotopic (exact) mass is 469 g/mol. The van der Waals surface area contributed by atoms with Crippen LogP contribution in [0.2, 0.25) is 0 Å². The number of carbonyl (C=O) groups is 2. The number of methoxy groups -OCH3 is 1. The lowest BCUT2D eigenvalue weighted by molar-refractivity contribution is 0.101. The van der Waals surface area contributed by atoms with Gasteiger partial charge in [0, 0.05) is 23.6 Å². The number of aromatic nitrogens is 5. The number of ether oxygens (including phenoxy) is 1. The van der Waals surface area contributed by atoms with Crippen molar-refractivity contribution in [1.29, 1.82) is 0 Å². The quantitative estimate of drug-likeness (QED) is 0.404. The first-order chi connectivity index (χ1) is 16.8. The maximum atomic E-state index is 12.9. The molecule has 0 atom stereocenters. The average molecular weight is 470 g/mol. The van der Waals surface area contributed by atoms with E-state index >= 15 is 0 Å². The number of rotatable bonds is 5. The summed E-state index contributed by atoms with van der Waals surface area (Å²) in [6, 6.07) is 10.5. The number of hydrogen-bond donors (Lipinski definition) is 2. The van der Waals surface area contributed by atoms with Gasteiger partial charge in [-0.1, -0.05) is 0 Å². The number of pyridine rings is 1. The number of fused-ring (bicyclic) bond motifs is 2. The number of benzene rings is 1. The molecule has 0 radical (unpaired) electrons. The van der Waals surface area contributed by atoms with Crippen LogP contribution in [0.4, 0.5) is 11.4 Å². The number of nitrogens with one attached hydrogen (secondary N) is 2. The molecule has 0 aliphatic carbocycles. The van der Waals surface area contributed by atoms with E-state index in [0.717, 1.165) is 22.5 Å². The minimum absolute atomic E-state index is 0.284. The molecule has 0 saturated heterocycles. The number of carbonyl (C=O) groups excluding carboxylic acids is 2. The summed E-state index contributed by atoms with van der Waals surface area (Å²) >= 11 is 0. The smallest absolute Gasteiger partial charge is 0.276 e. The van der Waals surface area contributed by atoms with Crippen molar-refractivity contribution in [2.45, 2.75) is 20.8 Å². The highest BCUT2D eigenvalue weighted by molar-refractivity contribution is 6.05. The summed E-state index contributed by atoms with van der Waals surface area (Å²) in [7, 11) is 1.58. The summed E-state index contributed by atoms with van der Waals surface area (Å²) in [6.07, 6.45) is 5.03. The van der Waals surface area contributed by atoms with Crippen LogP contribution in [0.5, 0.6) is 5.75 Å². The normalized spacial score (nSPS) is 11.1. The second-order valence-corrected chi connectivity index (χ2v) is 8.24. The zero-order chi connectivity index (χ0) is 24.7. The molecule has 0 aliphatic heterocycles. The van der Waals surface area contributed by atoms with Gasteiger partial charge >= 0.3 is 0 Å². The third kappa shape index (κ3) is 4.17. The molecule has 2 amide bonds. The molecule has 176 valence electrons. The fourth-order valence-corrected chi connectivity index (χ4v) is 3.88. The lowest BCUT2D eigenvalue weighted by Gasteiger charge is -2.11. The molecule has 4 aromatic heterocycles. The first kappa shape index (κ1) is 22.1. The summed E-state index contributed by atoms with van der Waals surface area (Å²) in [6.45, 7) is 5.62. The molecule has 0 bridgehead atoms. The van der Waals surface area contributed by atoms with Crippen LogP contribution in [0, 0.1) is 20.8 Å². The Hall–Kier alpha value is -4.73. The molecule has 35 heavy (non-hydrogen) atoms. The number of anilines is 2. The van der Waals surface area contributed by atoms with Gasteiger partial charge in [-0.05, 0) is 62.2 Å². The fourth-order valence-electron chi connectivity index (χ4n) is 3.88. The highest BCUT2D eigenvalue weighted by Gasteiger charge is 2.16. The predicted octanol–water partition coefficient (Wildman–Crippen LogP) is 3.82. The molecular weight excluding hydrogens is 446 g/mol. The average Bonchev–Trinajstić information content (AvgIpc) is 3.43. The predicted molar refractivity (Wildman–Crippen MR) is 131 cm³/mol. The largest absolute Gasteiger partial charge is 0.497 e. The SMILES string of the molecule is COc1ccn2c(C(=O)Nc3ccc(NC(=O)c4cc(C)c5nc(C)cn5n4)cc3C)cnc2c1. The number of amides is 2. The van der Waals surface area contributed by atoms with E-state index in [2.05, 4.69) is 25.7 Å². The van der Waals surface area contributed by atoms with E-state index in [0.29, 0.717) is 28.5 Å². The van der Waals surface area contributed by atoms with Crippen molar-refractivity contribution in [3.63, 3.8) is 0 Å². The minimum atomic E-state index is -0.335. The minimum Gasteiger partial charge on any atom is -0.497 e. The van der Waals surface area contributed by atoms with Gasteiger partial charge in [0.2, 0.25) is 0 Å². The molecule has 1 aromatic carbocycles. The van der Waals surface area contributed by atoms with Crippen LogP contribution in [-0.4, -0.2) is 42.9 Å². The van der Waals surface area contributed by atoms with Crippen LogP contribution in [0.25, 0.3) is 11.3 Å². The van der Waals surface area contributed by atoms with Gasteiger partial charge in [-0.25, -0.2) is 14.5 Å². The Balaban J connectivity index is 1.32. The van der Waals surface area contributed by atoms with Crippen LogP contribution in [0.1, 0.15) is 37.8 Å². The Morgan fingerprint density at radius 1 is 0.971 bits per heavy atom. The first-order valence-corrected chi connectivity index (χ1v) is 10.9. The van der Waals surface area contributed by atoms with Crippen molar-refractivity contribution in [2.24, 2.45) is 0 Å². The third-order valence-electron chi connectivity index (χ3n) is 5.65. The second kappa shape index (κ2) is 8.56. The summed E-state index contributed by atoms with van der Waals surface area (Å²) in [5.74, 6) is 0.0267. The molecule has 0 fully saturated rings. The van der Waals surface area contributed by atoms with Crippen LogP contribution in [0.3, 0.4) is 0 Å². The number of hydrogen-bond acceptors (Lipinski definition) is 6. The molecule has 2 N–H and O–H groups in total. The van der Waals surface area contributed by atoms with Gasteiger partial charge < -0.3 is 15.4 Å². The molecule has 10 heteroatoms. The van der Waals surface area contributed by atoms with E-state index in [-0.39, 0.29) is 17.5 Å². The van der Waals surface area contributed by atoms with Crippen LogP contribution in [0.15, 0.2) is 55.0 Å². The lowest BCUT2D eigenvalue weighted by Crippen LogP contribution is -2.17. The van der Waals surface area contributed by atoms with E-state index in [1.165, 1.54) is 6.20 Å². The molecule has 4 heterocycles. The van der Waals surface area contributed by atoms with E-state index in [9.17, 15) is 9.59 Å². The van der Waals surface area contributed by atoms with E-state index in [4.69, 9.17) is 4.74 Å². The topological polar surface area (TPSA) is 115 Å². The maximum Gasteiger partial charge on any atom is 0.276 e. The molecule has 0 saturated carbocycles. The molecule has 0 unspecified atom stereocenters. The zero-order valence-corrected chi connectivity index (χ0v) is 19.7. The van der Waals surface area contributed by atoms with Crippen molar-refractivity contribution in [3.05, 3.63) is 83.2 Å². The first-order valence-electron chi connectivity index (χ1n) is 10.9. The van der Waals surface area contributed by atoms with Gasteiger partial charge in [0.15, 0.2) is 5.65 Å². The molecule has 10 nitrogen and oxygen atoms in total. The van der Waals surface area contributed by atoms with Gasteiger partial charge in [0.1, 0.15) is 22.8 Å². The van der Waals surface area contributed by atoms with Crippen molar-refractivity contribution in [1.82, 2.24) is 24.0 Å². The van der Waals surface area contributed by atoms with Gasteiger partial charge in [0.05, 0.1) is 25.2 Å². The van der Waals surface area contributed by atoms with Gasteiger partial charge in [-0.15, -0.1) is 0 Å². The molecule has 5 aromatic rings. The Morgan fingerprint density at radius 3 is 2.57 bits per heavy atom. The highest BCUT2D eigenvalue weighted by Crippen LogP contribution is 2.22. The van der Waals surface area contributed by atoms with Gasteiger partial charge in [-0.3, -0.25) is 14.0 Å². The molecular formula is C25H23N7O3. The van der Waals surface area contributed by atoms with Gasteiger partial charge in [0.25, 0.3) is 11.8 Å². The summed E-state index contributed by atoms with van der Waals surface area (Å²) in [5.41, 5.74) is 5.70. The molecule has 5 rings (SSSR count). The lowest BCUT2D eigenvalue weighted by atomic mass is 10.1. The summed E-state index contributed by atoms with van der Waals surface area (Å²) in [4.78, 5) is 34.4. The molecule has 0 spiro atoms. The standard InChI is InChI=1S/C25H23N7O3/c1-14-9-17(28-24(33)20-10-15(2)23-27-16(3)13-32(23)30-20)5-6-19(14)29-25(34)21-12-26-22-11-18(35-4)7-8-31(21)22/h5-13H,1-4H3,(H,28,33)(H,29,34). The number of aryl methyl sites for hydroxylation is 3. The van der Waals surface area contributed by atoms with Crippen LogP contribution < -0.4 is 15.4 Å². The second-order valence-electron chi connectivity index (χ2n) is 8.24. The Labute approximate surface area is 200 Å². The Kier molecular flexibility index (Phi) is 5.40. The maximum absolute atomic E-state index is 12.9. The zero-order valence-electron chi connectivity index (χ0n) is 19.7. The van der Waals surface area contributed by atoms with Crippen molar-refractivity contribution >= 4 is 34.5 Å². The van der Waals surface area contributed by atoms with Crippen molar-refractivity contribution in [2.75, 3.05) is 17.7 Å². The van der Waals surface area contributed by atoms with Crippen molar-refractivity contribution in [3.8, 4) is 5.75 Å². The number of imidazole rings is 2. The molecule has 0 aliphatic rings. The number of nitrogens with zero attached hydrogens (tertiary/aromatic N) is 5. The van der Waals surface area contributed by atoms with Crippen molar-refractivity contribution < 1.29 is 14.3 Å². The Morgan fingerprint density at radius 2 is 1.80 bits per heavy atom. The summed E-state index contributed by atoms with van der Waals surface area (Å²) < 4.78 is 8.50. The summed E-state index contributed by atoms with van der Waals surface area (Å²) in [5, 5.41) is 10.1. The van der Waals surface area contributed by atoms with Crippen LogP contribution in [-0.2, 0) is 0 Å². The fraction of sp³-hybridized carbons (Fsp3) is 0.160. The van der Waals surface area contributed by atoms with E-state index in [1.54, 1.807) is 64.8 Å². The highest BCUT2D eigenvalue weighted by atomic mass is 16.5.